The normalized spacial score (nSPS) is 12.3. The Morgan fingerprint density at radius 2 is 1.84 bits per heavy atom. The summed E-state index contributed by atoms with van der Waals surface area (Å²) in [7, 11) is 0. The van der Waals surface area contributed by atoms with E-state index in [1.807, 2.05) is 12.4 Å². The fraction of sp³-hybridized carbons (Fsp3) is 0.375. The topological polar surface area (TPSA) is 37.8 Å². The molecule has 0 bridgehead atoms. The second-order valence-corrected chi connectivity index (χ2v) is 4.61. The average Bonchev–Trinajstić information content (AvgIpc) is 2.49. The van der Waals surface area contributed by atoms with Crippen molar-refractivity contribution in [3.8, 4) is 0 Å². The second kappa shape index (κ2) is 7.00. The van der Waals surface area contributed by atoms with Crippen LogP contribution in [0.15, 0.2) is 43.0 Å². The molecule has 0 saturated heterocycles. The minimum Gasteiger partial charge on any atom is -0.306 e. The molecular formula is C16H21N3. The van der Waals surface area contributed by atoms with E-state index in [0.29, 0.717) is 0 Å². The quantitative estimate of drug-likeness (QED) is 0.861. The Balaban J connectivity index is 2.37. The van der Waals surface area contributed by atoms with Crippen molar-refractivity contribution >= 4 is 0 Å². The van der Waals surface area contributed by atoms with Gasteiger partial charge in [-0.1, -0.05) is 38.1 Å². The van der Waals surface area contributed by atoms with Gasteiger partial charge in [-0.25, -0.2) is 9.97 Å². The van der Waals surface area contributed by atoms with Crippen molar-refractivity contribution in [2.45, 2.75) is 32.7 Å². The lowest BCUT2D eigenvalue weighted by atomic mass is 9.94. The van der Waals surface area contributed by atoms with Crippen LogP contribution in [0.3, 0.4) is 0 Å². The van der Waals surface area contributed by atoms with Crippen LogP contribution in [0, 0.1) is 0 Å². The van der Waals surface area contributed by atoms with E-state index in [4.69, 9.17) is 0 Å². The first-order valence-corrected chi connectivity index (χ1v) is 6.92. The lowest BCUT2D eigenvalue weighted by Crippen LogP contribution is -2.24. The maximum Gasteiger partial charge on any atom is 0.115 e. The molecule has 3 heteroatoms. The molecule has 0 radical (unpaired) electrons. The van der Waals surface area contributed by atoms with Crippen LogP contribution in [0.4, 0.5) is 0 Å². The number of hydrogen-bond donors (Lipinski definition) is 1. The molecule has 2 aromatic rings. The van der Waals surface area contributed by atoms with E-state index in [0.717, 1.165) is 24.9 Å². The predicted octanol–water partition coefficient (Wildman–Crippen LogP) is 3.13. The molecule has 19 heavy (non-hydrogen) atoms. The van der Waals surface area contributed by atoms with Gasteiger partial charge in [-0.15, -0.1) is 0 Å². The first-order chi connectivity index (χ1) is 9.36. The monoisotopic (exact) mass is 255 g/mol. The van der Waals surface area contributed by atoms with Gasteiger partial charge >= 0.3 is 0 Å². The first kappa shape index (κ1) is 13.7. The van der Waals surface area contributed by atoms with Crippen LogP contribution >= 0.6 is 0 Å². The Hall–Kier alpha value is -1.74. The van der Waals surface area contributed by atoms with Gasteiger partial charge < -0.3 is 5.32 Å². The molecule has 3 nitrogen and oxygen atoms in total. The standard InChI is InChI=1S/C16H21N3/c1-3-9-19-16(14-10-17-12-18-11-14)15-8-6-5-7-13(15)4-2/h5-8,10-12,16,19H,3-4,9H2,1-2H3. The summed E-state index contributed by atoms with van der Waals surface area (Å²) < 4.78 is 0. The molecule has 1 heterocycles. The molecule has 1 aromatic heterocycles. The molecule has 1 N–H and O–H groups in total. The van der Waals surface area contributed by atoms with Gasteiger partial charge in [0.2, 0.25) is 0 Å². The van der Waals surface area contributed by atoms with Crippen molar-refractivity contribution in [1.29, 1.82) is 0 Å². The molecule has 0 saturated carbocycles. The molecular weight excluding hydrogens is 234 g/mol. The summed E-state index contributed by atoms with van der Waals surface area (Å²) in [6.07, 6.45) is 7.51. The van der Waals surface area contributed by atoms with Crippen LogP contribution in [-0.4, -0.2) is 16.5 Å². The van der Waals surface area contributed by atoms with Crippen LogP contribution < -0.4 is 5.32 Å². The van der Waals surface area contributed by atoms with Crippen molar-refractivity contribution in [1.82, 2.24) is 15.3 Å². The number of rotatable bonds is 6. The van der Waals surface area contributed by atoms with Crippen molar-refractivity contribution < 1.29 is 0 Å². The molecule has 1 aromatic carbocycles. The molecule has 0 aliphatic rings. The van der Waals surface area contributed by atoms with Crippen LogP contribution in [0.1, 0.15) is 43.0 Å². The summed E-state index contributed by atoms with van der Waals surface area (Å²) in [4.78, 5) is 8.29. The number of aromatic nitrogens is 2. The number of aryl methyl sites for hydroxylation is 1. The lowest BCUT2D eigenvalue weighted by molar-refractivity contribution is 0.591. The van der Waals surface area contributed by atoms with Crippen LogP contribution in [0.25, 0.3) is 0 Å². The van der Waals surface area contributed by atoms with Crippen molar-refractivity contribution in [3.63, 3.8) is 0 Å². The number of nitrogens with zero attached hydrogens (tertiary/aromatic N) is 2. The van der Waals surface area contributed by atoms with Gasteiger partial charge in [-0.2, -0.15) is 0 Å². The predicted molar refractivity (Wildman–Crippen MR) is 78.0 cm³/mol. The zero-order valence-corrected chi connectivity index (χ0v) is 11.6. The molecule has 0 spiro atoms. The molecule has 1 unspecified atom stereocenters. The summed E-state index contributed by atoms with van der Waals surface area (Å²) in [5.74, 6) is 0. The molecule has 0 amide bonds. The van der Waals surface area contributed by atoms with Crippen molar-refractivity contribution in [2.24, 2.45) is 0 Å². The maximum atomic E-state index is 4.14. The highest BCUT2D eigenvalue weighted by Crippen LogP contribution is 2.24. The van der Waals surface area contributed by atoms with Crippen LogP contribution in [0.2, 0.25) is 0 Å². The fourth-order valence-corrected chi connectivity index (χ4v) is 2.29. The van der Waals surface area contributed by atoms with E-state index >= 15 is 0 Å². The fourth-order valence-electron chi connectivity index (χ4n) is 2.29. The van der Waals surface area contributed by atoms with E-state index in [1.165, 1.54) is 11.1 Å². The largest absolute Gasteiger partial charge is 0.306 e. The highest BCUT2D eigenvalue weighted by Gasteiger charge is 2.16. The van der Waals surface area contributed by atoms with Gasteiger partial charge in [-0.3, -0.25) is 0 Å². The summed E-state index contributed by atoms with van der Waals surface area (Å²) in [5.41, 5.74) is 3.82. The minimum absolute atomic E-state index is 0.178. The SMILES string of the molecule is CCCNC(c1cncnc1)c1ccccc1CC. The van der Waals surface area contributed by atoms with Gasteiger partial charge in [0.1, 0.15) is 6.33 Å². The van der Waals surface area contributed by atoms with E-state index < -0.39 is 0 Å². The number of nitrogens with one attached hydrogen (secondary N) is 1. The van der Waals surface area contributed by atoms with E-state index in [-0.39, 0.29) is 6.04 Å². The highest BCUT2D eigenvalue weighted by molar-refractivity contribution is 5.35. The van der Waals surface area contributed by atoms with Crippen molar-refractivity contribution in [2.75, 3.05) is 6.54 Å². The summed E-state index contributed by atoms with van der Waals surface area (Å²) in [5, 5.41) is 3.60. The third-order valence-electron chi connectivity index (χ3n) is 3.26. The Labute approximate surface area is 115 Å². The Kier molecular flexibility index (Phi) is 5.04. The average molecular weight is 255 g/mol. The van der Waals surface area contributed by atoms with E-state index in [9.17, 15) is 0 Å². The van der Waals surface area contributed by atoms with Gasteiger partial charge in [-0.05, 0) is 30.5 Å². The first-order valence-electron chi connectivity index (χ1n) is 6.92. The number of benzene rings is 1. The Morgan fingerprint density at radius 3 is 2.53 bits per heavy atom. The third-order valence-corrected chi connectivity index (χ3v) is 3.26. The van der Waals surface area contributed by atoms with Crippen molar-refractivity contribution in [3.05, 3.63) is 59.7 Å². The van der Waals surface area contributed by atoms with Gasteiger partial charge in [0.25, 0.3) is 0 Å². The second-order valence-electron chi connectivity index (χ2n) is 4.61. The van der Waals surface area contributed by atoms with Crippen LogP contribution in [-0.2, 0) is 6.42 Å². The molecule has 2 rings (SSSR count). The van der Waals surface area contributed by atoms with Gasteiger partial charge in [0.15, 0.2) is 0 Å². The maximum absolute atomic E-state index is 4.14. The van der Waals surface area contributed by atoms with Gasteiger partial charge in [0.05, 0.1) is 6.04 Å². The van der Waals surface area contributed by atoms with E-state index in [2.05, 4.69) is 53.4 Å². The molecule has 0 aliphatic carbocycles. The lowest BCUT2D eigenvalue weighted by Gasteiger charge is -2.21. The Morgan fingerprint density at radius 1 is 1.11 bits per heavy atom. The third kappa shape index (κ3) is 3.38. The summed E-state index contributed by atoms with van der Waals surface area (Å²) in [6, 6.07) is 8.76. The van der Waals surface area contributed by atoms with Gasteiger partial charge in [0, 0.05) is 18.0 Å². The zero-order valence-electron chi connectivity index (χ0n) is 11.6. The number of hydrogen-bond acceptors (Lipinski definition) is 3. The highest BCUT2D eigenvalue weighted by atomic mass is 14.9. The molecule has 0 fully saturated rings. The smallest absolute Gasteiger partial charge is 0.115 e. The molecule has 0 aliphatic heterocycles. The summed E-state index contributed by atoms with van der Waals surface area (Å²) in [6.45, 7) is 5.35. The Bertz CT molecular complexity index is 496. The zero-order chi connectivity index (χ0) is 13.5. The molecule has 100 valence electrons. The minimum atomic E-state index is 0.178. The van der Waals surface area contributed by atoms with Crippen LogP contribution in [0.5, 0.6) is 0 Å². The summed E-state index contributed by atoms with van der Waals surface area (Å²) >= 11 is 0. The molecule has 1 atom stereocenters. The van der Waals surface area contributed by atoms with E-state index in [1.54, 1.807) is 6.33 Å².